The zero-order chi connectivity index (χ0) is 16.0. The van der Waals surface area contributed by atoms with E-state index in [-0.39, 0.29) is 17.4 Å². The number of pyridine rings is 1. The number of hydrogen-bond donors (Lipinski definition) is 0. The third kappa shape index (κ3) is 2.36. The summed E-state index contributed by atoms with van der Waals surface area (Å²) in [7, 11) is 1.47. The summed E-state index contributed by atoms with van der Waals surface area (Å²) in [6.45, 7) is 0. The Balaban J connectivity index is 1.91. The van der Waals surface area contributed by atoms with E-state index in [4.69, 9.17) is 4.74 Å². The van der Waals surface area contributed by atoms with Crippen LogP contribution < -0.4 is 10.3 Å². The fraction of sp³-hybridized carbons (Fsp3) is 0.235. The molecule has 1 saturated carbocycles. The molecule has 2 heterocycles. The highest BCUT2D eigenvalue weighted by molar-refractivity contribution is 5.78. The Labute approximate surface area is 131 Å². The van der Waals surface area contributed by atoms with Crippen LogP contribution in [-0.2, 0) is 0 Å². The second-order valence-electron chi connectivity index (χ2n) is 5.60. The van der Waals surface area contributed by atoms with E-state index < -0.39 is 0 Å². The predicted molar refractivity (Wildman–Crippen MR) is 84.0 cm³/mol. The Bertz CT molecular complexity index is 964. The molecule has 2 aromatic heterocycles. The molecule has 116 valence electrons. The van der Waals surface area contributed by atoms with Gasteiger partial charge in [-0.3, -0.25) is 9.36 Å². The van der Waals surface area contributed by atoms with E-state index >= 15 is 0 Å². The second-order valence-corrected chi connectivity index (χ2v) is 5.60. The highest BCUT2D eigenvalue weighted by Crippen LogP contribution is 2.33. The lowest BCUT2D eigenvalue weighted by molar-refractivity contribution is 0.413. The minimum Gasteiger partial charge on any atom is -0.496 e. The summed E-state index contributed by atoms with van der Waals surface area (Å²) in [5, 5.41) is 0. The highest BCUT2D eigenvalue weighted by atomic mass is 19.1. The number of methoxy groups -OCH3 is 1. The number of halogens is 1. The quantitative estimate of drug-likeness (QED) is 0.746. The number of hydrogen-bond acceptors (Lipinski definition) is 4. The van der Waals surface area contributed by atoms with Crippen LogP contribution in [0.1, 0.15) is 18.9 Å². The topological polar surface area (TPSA) is 57.0 Å². The first-order chi connectivity index (χ1) is 11.2. The molecule has 1 fully saturated rings. The number of aromatic nitrogens is 3. The predicted octanol–water partition coefficient (Wildman–Crippen LogP) is 2.94. The van der Waals surface area contributed by atoms with E-state index in [1.54, 1.807) is 29.1 Å². The normalized spacial score (nSPS) is 14.2. The lowest BCUT2D eigenvalue weighted by Gasteiger charge is -2.09. The molecule has 0 saturated heterocycles. The van der Waals surface area contributed by atoms with E-state index in [0.717, 1.165) is 12.8 Å². The molecule has 4 rings (SSSR count). The number of benzene rings is 1. The van der Waals surface area contributed by atoms with Crippen molar-refractivity contribution in [3.05, 3.63) is 52.8 Å². The van der Waals surface area contributed by atoms with E-state index in [0.29, 0.717) is 28.0 Å². The van der Waals surface area contributed by atoms with Crippen LogP contribution in [0.3, 0.4) is 0 Å². The molecule has 0 atom stereocenters. The van der Waals surface area contributed by atoms with Crippen LogP contribution in [-0.4, -0.2) is 21.6 Å². The number of rotatable bonds is 3. The summed E-state index contributed by atoms with van der Waals surface area (Å²) in [4.78, 5) is 21.3. The summed E-state index contributed by atoms with van der Waals surface area (Å²) >= 11 is 0. The zero-order valence-corrected chi connectivity index (χ0v) is 12.5. The largest absolute Gasteiger partial charge is 0.496 e. The maximum Gasteiger partial charge on any atom is 0.280 e. The van der Waals surface area contributed by atoms with Gasteiger partial charge in [-0.05, 0) is 37.1 Å². The summed E-state index contributed by atoms with van der Waals surface area (Å²) in [6, 6.07) is 7.98. The van der Waals surface area contributed by atoms with Gasteiger partial charge in [-0.1, -0.05) is 0 Å². The monoisotopic (exact) mass is 311 g/mol. The van der Waals surface area contributed by atoms with Crippen molar-refractivity contribution in [2.45, 2.75) is 18.9 Å². The molecule has 0 N–H and O–H groups in total. The van der Waals surface area contributed by atoms with Gasteiger partial charge < -0.3 is 4.74 Å². The van der Waals surface area contributed by atoms with Gasteiger partial charge in [0, 0.05) is 17.7 Å². The summed E-state index contributed by atoms with van der Waals surface area (Å²) in [5.74, 6) is -0.00703. The third-order valence-corrected chi connectivity index (χ3v) is 4.01. The lowest BCUT2D eigenvalue weighted by Crippen LogP contribution is -2.20. The summed E-state index contributed by atoms with van der Waals surface area (Å²) in [5.41, 5.74) is 1.93. The van der Waals surface area contributed by atoms with Crippen LogP contribution in [0.2, 0.25) is 0 Å². The van der Waals surface area contributed by atoms with Gasteiger partial charge in [-0.25, -0.2) is 14.4 Å². The first-order valence-electron chi connectivity index (χ1n) is 7.39. The van der Waals surface area contributed by atoms with Crippen molar-refractivity contribution >= 4 is 11.0 Å². The summed E-state index contributed by atoms with van der Waals surface area (Å²) < 4.78 is 20.2. The standard InChI is InChI=1S/C17H14FN3O2/c1-23-15-8-10(18)2-5-12(15)13-6-7-14-16(20-13)17(22)21(9-19-14)11-3-4-11/h2,5-9,11H,3-4H2,1H3. The van der Waals surface area contributed by atoms with Gasteiger partial charge in [0.15, 0.2) is 5.52 Å². The van der Waals surface area contributed by atoms with E-state index in [1.165, 1.54) is 19.2 Å². The molecule has 1 aromatic carbocycles. The van der Waals surface area contributed by atoms with Gasteiger partial charge >= 0.3 is 0 Å². The second kappa shape index (κ2) is 5.15. The first kappa shape index (κ1) is 13.9. The average molecular weight is 311 g/mol. The average Bonchev–Trinajstić information content (AvgIpc) is 3.40. The molecule has 1 aliphatic carbocycles. The zero-order valence-electron chi connectivity index (χ0n) is 12.5. The molecule has 3 aromatic rings. The molecule has 6 heteroatoms. The molecular formula is C17H14FN3O2. The fourth-order valence-corrected chi connectivity index (χ4v) is 2.65. The molecule has 0 aliphatic heterocycles. The van der Waals surface area contributed by atoms with Crippen molar-refractivity contribution < 1.29 is 9.13 Å². The molecule has 5 nitrogen and oxygen atoms in total. The maximum absolute atomic E-state index is 13.4. The van der Waals surface area contributed by atoms with Crippen molar-refractivity contribution in [3.63, 3.8) is 0 Å². The van der Waals surface area contributed by atoms with Gasteiger partial charge in [0.25, 0.3) is 5.56 Å². The van der Waals surface area contributed by atoms with Crippen molar-refractivity contribution in [2.24, 2.45) is 0 Å². The molecule has 0 unspecified atom stereocenters. The molecular weight excluding hydrogens is 297 g/mol. The highest BCUT2D eigenvalue weighted by Gasteiger charge is 2.25. The smallest absolute Gasteiger partial charge is 0.280 e. The van der Waals surface area contributed by atoms with Crippen LogP contribution in [0.25, 0.3) is 22.3 Å². The van der Waals surface area contributed by atoms with Gasteiger partial charge in [0.05, 0.1) is 24.6 Å². The van der Waals surface area contributed by atoms with Gasteiger partial charge in [0.2, 0.25) is 0 Å². The van der Waals surface area contributed by atoms with Crippen LogP contribution in [0, 0.1) is 5.82 Å². The van der Waals surface area contributed by atoms with Crippen LogP contribution in [0.4, 0.5) is 4.39 Å². The van der Waals surface area contributed by atoms with Crippen molar-refractivity contribution in [2.75, 3.05) is 7.11 Å². The van der Waals surface area contributed by atoms with Crippen molar-refractivity contribution in [1.82, 2.24) is 14.5 Å². The minimum absolute atomic E-state index is 0.138. The van der Waals surface area contributed by atoms with Crippen LogP contribution >= 0.6 is 0 Å². The maximum atomic E-state index is 13.4. The van der Waals surface area contributed by atoms with Crippen LogP contribution in [0.5, 0.6) is 5.75 Å². The summed E-state index contributed by atoms with van der Waals surface area (Å²) in [6.07, 6.45) is 3.58. The molecule has 23 heavy (non-hydrogen) atoms. The minimum atomic E-state index is -0.385. The Morgan fingerprint density at radius 1 is 1.26 bits per heavy atom. The lowest BCUT2D eigenvalue weighted by atomic mass is 10.1. The van der Waals surface area contributed by atoms with Gasteiger partial charge in [0.1, 0.15) is 11.6 Å². The Hall–Kier alpha value is -2.76. The SMILES string of the molecule is COc1cc(F)ccc1-c1ccc2ncn(C3CC3)c(=O)c2n1. The number of ether oxygens (including phenoxy) is 1. The third-order valence-electron chi connectivity index (χ3n) is 4.01. The van der Waals surface area contributed by atoms with Crippen LogP contribution in [0.15, 0.2) is 41.5 Å². The molecule has 1 aliphatic rings. The molecule has 0 bridgehead atoms. The Kier molecular flexibility index (Phi) is 3.11. The Morgan fingerprint density at radius 2 is 2.09 bits per heavy atom. The van der Waals surface area contributed by atoms with E-state index in [9.17, 15) is 9.18 Å². The fourth-order valence-electron chi connectivity index (χ4n) is 2.65. The number of nitrogens with zero attached hydrogens (tertiary/aromatic N) is 3. The van der Waals surface area contributed by atoms with E-state index in [2.05, 4.69) is 9.97 Å². The van der Waals surface area contributed by atoms with E-state index in [1.807, 2.05) is 0 Å². The van der Waals surface area contributed by atoms with Crippen molar-refractivity contribution in [1.29, 1.82) is 0 Å². The first-order valence-corrected chi connectivity index (χ1v) is 7.39. The Morgan fingerprint density at radius 3 is 2.83 bits per heavy atom. The van der Waals surface area contributed by atoms with Gasteiger partial charge in [-0.2, -0.15) is 0 Å². The molecule has 0 radical (unpaired) electrons. The number of fused-ring (bicyclic) bond motifs is 1. The van der Waals surface area contributed by atoms with Gasteiger partial charge in [-0.15, -0.1) is 0 Å². The molecule has 0 amide bonds. The molecule has 0 spiro atoms. The van der Waals surface area contributed by atoms with Crippen molar-refractivity contribution in [3.8, 4) is 17.0 Å².